The van der Waals surface area contributed by atoms with E-state index < -0.39 is 42.8 Å². The Morgan fingerprint density at radius 2 is 1.76 bits per heavy atom. The molecular formula is C36H54O9. The number of ether oxygens (including phenoxy) is 3. The minimum Gasteiger partial charge on any atom is -0.478 e. The van der Waals surface area contributed by atoms with Crippen LogP contribution in [-0.4, -0.2) is 69.4 Å². The molecule has 0 saturated heterocycles. The smallest absolute Gasteiger partial charge is 0.331 e. The van der Waals surface area contributed by atoms with Crippen molar-refractivity contribution >= 4 is 11.9 Å². The molecule has 1 heterocycles. The topological polar surface area (TPSA) is 143 Å². The normalized spacial score (nSPS) is 46.8. The van der Waals surface area contributed by atoms with Crippen molar-refractivity contribution in [2.24, 2.45) is 39.9 Å². The molecule has 0 radical (unpaired) electrons. The molecule has 5 aliphatic rings. The SMILES string of the molecule is CC(=O)O[C@H]1C[C@@]2(C)[C@@H](C[C@@H](O)C3[C@@]4(C)CC[C@@H](O[C@@H]5C=C[C@H](O)[C@@H](O)O5)[C@@H](C)C4CC[C@@]32C)/C1=C(\CCC=C(C)C)C(=O)O. The molecule has 4 saturated carbocycles. The molecule has 0 amide bonds. The van der Waals surface area contributed by atoms with Gasteiger partial charge in [-0.05, 0) is 117 Å². The summed E-state index contributed by atoms with van der Waals surface area (Å²) in [5.74, 6) is -1.16. The summed E-state index contributed by atoms with van der Waals surface area (Å²) < 4.78 is 17.7. The van der Waals surface area contributed by atoms with Crippen molar-refractivity contribution in [1.29, 1.82) is 0 Å². The molecule has 0 bridgehead atoms. The van der Waals surface area contributed by atoms with Crippen molar-refractivity contribution in [3.63, 3.8) is 0 Å². The average molecular weight is 631 g/mol. The summed E-state index contributed by atoms with van der Waals surface area (Å²) in [6.45, 7) is 14.5. The molecule has 5 rings (SSSR count). The fraction of sp³-hybridized carbons (Fsp3) is 0.778. The Hall–Kier alpha value is -2.04. The summed E-state index contributed by atoms with van der Waals surface area (Å²) in [6, 6.07) is 0. The van der Waals surface area contributed by atoms with E-state index in [4.69, 9.17) is 14.2 Å². The van der Waals surface area contributed by atoms with Gasteiger partial charge in [-0.25, -0.2) is 4.79 Å². The molecule has 0 spiro atoms. The molecule has 9 nitrogen and oxygen atoms in total. The monoisotopic (exact) mass is 630 g/mol. The van der Waals surface area contributed by atoms with E-state index in [0.717, 1.165) is 31.3 Å². The molecule has 1 aliphatic heterocycles. The van der Waals surface area contributed by atoms with E-state index in [0.29, 0.717) is 36.8 Å². The number of carboxylic acid groups (broad SMARTS) is 1. The van der Waals surface area contributed by atoms with Crippen LogP contribution in [-0.2, 0) is 23.8 Å². The first-order chi connectivity index (χ1) is 21.0. The number of allylic oxidation sites excluding steroid dienone is 2. The Labute approximate surface area is 267 Å². The maximum atomic E-state index is 12.8. The first kappa shape index (κ1) is 34.3. The third-order valence-electron chi connectivity index (χ3n) is 12.9. The number of rotatable bonds is 7. The highest BCUT2D eigenvalue weighted by molar-refractivity contribution is 5.88. The predicted molar refractivity (Wildman–Crippen MR) is 167 cm³/mol. The van der Waals surface area contributed by atoms with Gasteiger partial charge in [0.25, 0.3) is 0 Å². The Morgan fingerprint density at radius 3 is 2.38 bits per heavy atom. The van der Waals surface area contributed by atoms with Crippen LogP contribution in [0.5, 0.6) is 0 Å². The molecule has 0 aromatic carbocycles. The second-order valence-electron chi connectivity index (χ2n) is 15.5. The van der Waals surface area contributed by atoms with Gasteiger partial charge < -0.3 is 34.6 Å². The Kier molecular flexibility index (Phi) is 9.55. The van der Waals surface area contributed by atoms with Crippen molar-refractivity contribution < 1.29 is 44.2 Å². The van der Waals surface area contributed by atoms with Gasteiger partial charge in [-0.2, -0.15) is 0 Å². The quantitative estimate of drug-likeness (QED) is 0.168. The lowest BCUT2D eigenvalue weighted by atomic mass is 9.36. The summed E-state index contributed by atoms with van der Waals surface area (Å²) in [6.07, 6.45) is 6.09. The van der Waals surface area contributed by atoms with Crippen molar-refractivity contribution in [3.8, 4) is 0 Å². The minimum absolute atomic E-state index is 0.0209. The number of fused-ring (bicyclic) bond motifs is 5. The van der Waals surface area contributed by atoms with Crippen LogP contribution in [0.25, 0.3) is 0 Å². The number of aliphatic hydroxyl groups excluding tert-OH is 3. The molecule has 2 unspecified atom stereocenters. The lowest BCUT2D eigenvalue weighted by Crippen LogP contribution is -2.65. The third kappa shape index (κ3) is 5.86. The van der Waals surface area contributed by atoms with E-state index >= 15 is 0 Å². The lowest BCUT2D eigenvalue weighted by molar-refractivity contribution is -0.276. The molecule has 0 aromatic rings. The second-order valence-corrected chi connectivity index (χ2v) is 15.5. The van der Waals surface area contributed by atoms with Crippen LogP contribution >= 0.6 is 0 Å². The predicted octanol–water partition coefficient (Wildman–Crippen LogP) is 5.28. The van der Waals surface area contributed by atoms with Crippen molar-refractivity contribution in [3.05, 3.63) is 34.9 Å². The van der Waals surface area contributed by atoms with Gasteiger partial charge in [0.2, 0.25) is 0 Å². The Morgan fingerprint density at radius 1 is 1.04 bits per heavy atom. The molecule has 13 atom stereocenters. The van der Waals surface area contributed by atoms with Gasteiger partial charge in [0.15, 0.2) is 12.6 Å². The number of carbonyl (C=O) groups is 2. The van der Waals surface area contributed by atoms with E-state index in [2.05, 4.69) is 27.7 Å². The third-order valence-corrected chi connectivity index (χ3v) is 12.9. The summed E-state index contributed by atoms with van der Waals surface area (Å²) in [7, 11) is 0. The van der Waals surface area contributed by atoms with Gasteiger partial charge in [0, 0.05) is 12.5 Å². The maximum absolute atomic E-state index is 12.8. The van der Waals surface area contributed by atoms with Crippen LogP contribution in [0.3, 0.4) is 0 Å². The molecule has 0 aromatic heterocycles. The molecular weight excluding hydrogens is 576 g/mol. The molecule has 4 N–H and O–H groups in total. The molecule has 4 aliphatic carbocycles. The number of esters is 1. The molecule has 45 heavy (non-hydrogen) atoms. The summed E-state index contributed by atoms with van der Waals surface area (Å²) >= 11 is 0. The zero-order chi connectivity index (χ0) is 33.1. The Bertz CT molecular complexity index is 1250. The molecule has 252 valence electrons. The number of carboxylic acids is 1. The number of aliphatic hydroxyl groups is 3. The first-order valence-electron chi connectivity index (χ1n) is 16.8. The van der Waals surface area contributed by atoms with Crippen molar-refractivity contribution in [1.82, 2.24) is 0 Å². The second kappa shape index (κ2) is 12.5. The summed E-state index contributed by atoms with van der Waals surface area (Å²) in [5, 5.41) is 42.4. The van der Waals surface area contributed by atoms with Crippen molar-refractivity contribution in [2.45, 2.75) is 137 Å². The van der Waals surface area contributed by atoms with Crippen LogP contribution < -0.4 is 0 Å². The lowest BCUT2D eigenvalue weighted by Gasteiger charge is -2.69. The number of hydrogen-bond donors (Lipinski definition) is 4. The van der Waals surface area contributed by atoms with Gasteiger partial charge in [0.05, 0.1) is 12.2 Å². The minimum atomic E-state index is -1.32. The first-order valence-corrected chi connectivity index (χ1v) is 16.8. The van der Waals surface area contributed by atoms with E-state index in [1.54, 1.807) is 6.08 Å². The highest BCUT2D eigenvalue weighted by Crippen LogP contribution is 2.74. The zero-order valence-corrected chi connectivity index (χ0v) is 28.0. The number of carbonyl (C=O) groups excluding carboxylic acids is 1. The highest BCUT2D eigenvalue weighted by Gasteiger charge is 2.71. The standard InChI is InChI=1S/C36H54O9/c1-19(2)9-8-10-22(32(40)41)30-24-17-26(39)31-34(5)15-14-27(44-29-12-11-25(38)33(42)45-29)20(3)23(34)13-16-35(31,6)36(24,7)18-28(30)43-21(4)37/h9,11-12,20,23-29,31,33,38-39,42H,8,10,13-18H2,1-7H3,(H,40,41)/b30-22-/t20-,23?,24-,25-,26+,27+,28-,29-,31?,33-,34-,35-,36-/m0/s1. The fourth-order valence-corrected chi connectivity index (χ4v) is 10.8. The van der Waals surface area contributed by atoms with Gasteiger partial charge >= 0.3 is 11.9 Å². The summed E-state index contributed by atoms with van der Waals surface area (Å²) in [4.78, 5) is 25.1. The van der Waals surface area contributed by atoms with Crippen molar-refractivity contribution in [2.75, 3.05) is 0 Å². The summed E-state index contributed by atoms with van der Waals surface area (Å²) in [5.41, 5.74) is 1.29. The van der Waals surface area contributed by atoms with E-state index in [-0.39, 0.29) is 46.0 Å². The van der Waals surface area contributed by atoms with E-state index in [9.17, 15) is 30.0 Å². The van der Waals surface area contributed by atoms with E-state index in [1.165, 1.54) is 13.0 Å². The van der Waals surface area contributed by atoms with Crippen LogP contribution in [0, 0.1) is 39.9 Å². The van der Waals surface area contributed by atoms with Crippen LogP contribution in [0.4, 0.5) is 0 Å². The van der Waals surface area contributed by atoms with Crippen LogP contribution in [0.15, 0.2) is 34.9 Å². The van der Waals surface area contributed by atoms with Gasteiger partial charge in [0.1, 0.15) is 12.2 Å². The molecule has 4 fully saturated rings. The van der Waals surface area contributed by atoms with Crippen LogP contribution in [0.1, 0.15) is 99.8 Å². The van der Waals surface area contributed by atoms with Gasteiger partial charge in [-0.1, -0.05) is 45.4 Å². The maximum Gasteiger partial charge on any atom is 0.331 e. The average Bonchev–Trinajstić information content (AvgIpc) is 3.21. The number of aliphatic carboxylic acids is 1. The van der Waals surface area contributed by atoms with Gasteiger partial charge in [-0.15, -0.1) is 0 Å². The highest BCUT2D eigenvalue weighted by atomic mass is 16.7. The van der Waals surface area contributed by atoms with E-state index in [1.807, 2.05) is 19.9 Å². The number of hydrogen-bond acceptors (Lipinski definition) is 8. The zero-order valence-electron chi connectivity index (χ0n) is 28.0. The molecule has 9 heteroatoms. The largest absolute Gasteiger partial charge is 0.478 e. The van der Waals surface area contributed by atoms with Gasteiger partial charge in [-0.3, -0.25) is 4.79 Å². The van der Waals surface area contributed by atoms with Crippen LogP contribution in [0.2, 0.25) is 0 Å². The Balaban J connectivity index is 1.47. The fourth-order valence-electron chi connectivity index (χ4n) is 10.8.